The number of aliphatic hydroxyl groups is 1. The van der Waals surface area contributed by atoms with Gasteiger partial charge in [0.1, 0.15) is 5.56 Å². The van der Waals surface area contributed by atoms with Gasteiger partial charge in [0.05, 0.1) is 5.69 Å². The summed E-state index contributed by atoms with van der Waals surface area (Å²) in [6, 6.07) is -0.162. The van der Waals surface area contributed by atoms with E-state index in [1.165, 1.54) is 0 Å². The van der Waals surface area contributed by atoms with Crippen LogP contribution in [0.5, 0.6) is 0 Å². The Morgan fingerprint density at radius 3 is 2.48 bits per heavy atom. The van der Waals surface area contributed by atoms with Crippen molar-refractivity contribution >= 4 is 5.91 Å². The lowest BCUT2D eigenvalue weighted by atomic mass is 9.99. The largest absolute Gasteiger partial charge is 0.396 e. The number of nitrogens with zero attached hydrogens (tertiary/aromatic N) is 1. The number of aromatic amines is 1. The van der Waals surface area contributed by atoms with Crippen LogP contribution in [0.15, 0.2) is 4.79 Å². The molecule has 1 aromatic rings. The predicted octanol–water partition coefficient (Wildman–Crippen LogP) is 1.03. The number of rotatable bonds is 7. The van der Waals surface area contributed by atoms with Crippen molar-refractivity contribution in [1.29, 1.82) is 0 Å². The fourth-order valence-corrected chi connectivity index (χ4v) is 2.39. The summed E-state index contributed by atoms with van der Waals surface area (Å²) >= 11 is 0. The Balaban J connectivity index is 3.14. The third-order valence-corrected chi connectivity index (χ3v) is 3.65. The van der Waals surface area contributed by atoms with E-state index in [1.54, 1.807) is 0 Å². The SMILES string of the molecule is CCc1n[nH]c(=O)c(C(=O)NC(CCO)C(C)C)c1CC. The van der Waals surface area contributed by atoms with Gasteiger partial charge in [-0.2, -0.15) is 5.10 Å². The van der Waals surface area contributed by atoms with Crippen LogP contribution in [0, 0.1) is 5.92 Å². The molecule has 0 aliphatic rings. The zero-order valence-corrected chi connectivity index (χ0v) is 13.2. The minimum atomic E-state index is -0.465. The molecule has 1 amide bonds. The van der Waals surface area contributed by atoms with Crippen molar-refractivity contribution in [1.82, 2.24) is 15.5 Å². The second kappa shape index (κ2) is 7.93. The second-order valence-electron chi connectivity index (χ2n) is 5.40. The van der Waals surface area contributed by atoms with Crippen LogP contribution in [0.25, 0.3) is 0 Å². The molecule has 0 bridgehead atoms. The van der Waals surface area contributed by atoms with Crippen molar-refractivity contribution in [3.63, 3.8) is 0 Å². The summed E-state index contributed by atoms with van der Waals surface area (Å²) in [6.45, 7) is 7.77. The van der Waals surface area contributed by atoms with Gasteiger partial charge in [-0.05, 0) is 30.7 Å². The van der Waals surface area contributed by atoms with E-state index in [0.717, 1.165) is 5.69 Å². The number of aromatic nitrogens is 2. The van der Waals surface area contributed by atoms with E-state index < -0.39 is 11.5 Å². The number of aliphatic hydroxyl groups excluding tert-OH is 1. The highest BCUT2D eigenvalue weighted by molar-refractivity contribution is 5.95. The Morgan fingerprint density at radius 2 is 2.00 bits per heavy atom. The van der Waals surface area contributed by atoms with Crippen molar-refractivity contribution in [2.75, 3.05) is 6.61 Å². The molecule has 1 unspecified atom stereocenters. The van der Waals surface area contributed by atoms with E-state index in [4.69, 9.17) is 5.11 Å². The molecule has 0 fully saturated rings. The van der Waals surface area contributed by atoms with Crippen molar-refractivity contribution in [2.45, 2.75) is 53.0 Å². The van der Waals surface area contributed by atoms with Crippen LogP contribution in [-0.4, -0.2) is 33.9 Å². The molecule has 1 atom stereocenters. The van der Waals surface area contributed by atoms with Crippen LogP contribution in [0.2, 0.25) is 0 Å². The number of H-pyrrole nitrogens is 1. The maximum Gasteiger partial charge on any atom is 0.277 e. The minimum absolute atomic E-state index is 0.00330. The first-order chi connectivity index (χ1) is 9.96. The molecule has 0 aromatic carbocycles. The summed E-state index contributed by atoms with van der Waals surface area (Å²) in [5.41, 5.74) is 1.12. The van der Waals surface area contributed by atoms with E-state index in [1.807, 2.05) is 27.7 Å². The summed E-state index contributed by atoms with van der Waals surface area (Å²) in [6.07, 6.45) is 1.70. The van der Waals surface area contributed by atoms with Crippen LogP contribution in [0.1, 0.15) is 55.7 Å². The van der Waals surface area contributed by atoms with Crippen molar-refractivity contribution in [3.05, 3.63) is 27.2 Å². The molecule has 1 aromatic heterocycles. The van der Waals surface area contributed by atoms with Crippen molar-refractivity contribution in [2.24, 2.45) is 5.92 Å². The standard InChI is InChI=1S/C15H25N3O3/c1-5-10-11(6-2)17-18-15(21)13(10)14(20)16-12(7-8-19)9(3)4/h9,12,19H,5-8H2,1-4H3,(H,16,20)(H,18,21). The minimum Gasteiger partial charge on any atom is -0.396 e. The van der Waals surface area contributed by atoms with Crippen LogP contribution < -0.4 is 10.9 Å². The van der Waals surface area contributed by atoms with Crippen LogP contribution >= 0.6 is 0 Å². The van der Waals surface area contributed by atoms with Gasteiger partial charge < -0.3 is 10.4 Å². The van der Waals surface area contributed by atoms with Gasteiger partial charge in [-0.15, -0.1) is 0 Å². The number of amides is 1. The Morgan fingerprint density at radius 1 is 1.33 bits per heavy atom. The average molecular weight is 295 g/mol. The van der Waals surface area contributed by atoms with Gasteiger partial charge in [0, 0.05) is 12.6 Å². The van der Waals surface area contributed by atoms with Gasteiger partial charge in [0.15, 0.2) is 0 Å². The first-order valence-corrected chi connectivity index (χ1v) is 7.48. The van der Waals surface area contributed by atoms with E-state index in [-0.39, 0.29) is 24.1 Å². The molecule has 0 saturated heterocycles. The van der Waals surface area contributed by atoms with Gasteiger partial charge in [-0.1, -0.05) is 27.7 Å². The van der Waals surface area contributed by atoms with Gasteiger partial charge in [0.2, 0.25) is 0 Å². The Hall–Kier alpha value is -1.69. The lowest BCUT2D eigenvalue weighted by molar-refractivity contribution is 0.0913. The summed E-state index contributed by atoms with van der Waals surface area (Å²) in [7, 11) is 0. The average Bonchev–Trinajstić information content (AvgIpc) is 2.45. The number of carbonyl (C=O) groups is 1. The predicted molar refractivity (Wildman–Crippen MR) is 81.4 cm³/mol. The normalized spacial score (nSPS) is 12.5. The molecule has 21 heavy (non-hydrogen) atoms. The molecule has 0 aliphatic heterocycles. The Kier molecular flexibility index (Phi) is 6.55. The van der Waals surface area contributed by atoms with Gasteiger partial charge in [0.25, 0.3) is 11.5 Å². The molecular formula is C15H25N3O3. The molecule has 3 N–H and O–H groups in total. The fraction of sp³-hybridized carbons (Fsp3) is 0.667. The highest BCUT2D eigenvalue weighted by Crippen LogP contribution is 2.12. The first-order valence-electron chi connectivity index (χ1n) is 7.48. The molecule has 0 aliphatic carbocycles. The van der Waals surface area contributed by atoms with Crippen LogP contribution in [0.4, 0.5) is 0 Å². The van der Waals surface area contributed by atoms with Gasteiger partial charge in [-0.25, -0.2) is 5.10 Å². The van der Waals surface area contributed by atoms with Crippen molar-refractivity contribution in [3.8, 4) is 0 Å². The monoisotopic (exact) mass is 295 g/mol. The molecule has 1 rings (SSSR count). The number of aryl methyl sites for hydroxylation is 1. The zero-order chi connectivity index (χ0) is 16.0. The molecule has 0 saturated carbocycles. The number of carbonyl (C=O) groups excluding carboxylic acids is 1. The zero-order valence-electron chi connectivity index (χ0n) is 13.2. The highest BCUT2D eigenvalue weighted by Gasteiger charge is 2.22. The van der Waals surface area contributed by atoms with Crippen LogP contribution in [-0.2, 0) is 12.8 Å². The van der Waals surface area contributed by atoms with E-state index in [0.29, 0.717) is 24.8 Å². The third kappa shape index (κ3) is 4.14. The highest BCUT2D eigenvalue weighted by atomic mass is 16.3. The molecular weight excluding hydrogens is 270 g/mol. The quantitative estimate of drug-likeness (QED) is 0.700. The van der Waals surface area contributed by atoms with Gasteiger partial charge >= 0.3 is 0 Å². The van der Waals surface area contributed by atoms with E-state index in [2.05, 4.69) is 15.5 Å². The van der Waals surface area contributed by atoms with E-state index in [9.17, 15) is 9.59 Å². The molecule has 1 heterocycles. The lowest BCUT2D eigenvalue weighted by Gasteiger charge is -2.22. The first kappa shape index (κ1) is 17.4. The van der Waals surface area contributed by atoms with E-state index >= 15 is 0 Å². The number of nitrogens with one attached hydrogen (secondary N) is 2. The Bertz CT molecular complexity index is 537. The molecule has 0 radical (unpaired) electrons. The van der Waals surface area contributed by atoms with Crippen LogP contribution in [0.3, 0.4) is 0 Å². The fourth-order valence-electron chi connectivity index (χ4n) is 2.39. The van der Waals surface area contributed by atoms with Gasteiger partial charge in [-0.3, -0.25) is 9.59 Å². The maximum atomic E-state index is 12.5. The topological polar surface area (TPSA) is 95.1 Å². The van der Waals surface area contributed by atoms with Crippen molar-refractivity contribution < 1.29 is 9.90 Å². The second-order valence-corrected chi connectivity index (χ2v) is 5.40. The summed E-state index contributed by atoms with van der Waals surface area (Å²) < 4.78 is 0. The smallest absolute Gasteiger partial charge is 0.277 e. The summed E-state index contributed by atoms with van der Waals surface area (Å²) in [5, 5.41) is 18.3. The number of hydrogen-bond donors (Lipinski definition) is 3. The Labute approximate surface area is 125 Å². The summed E-state index contributed by atoms with van der Waals surface area (Å²) in [4.78, 5) is 24.5. The molecule has 6 heteroatoms. The molecule has 0 spiro atoms. The molecule has 118 valence electrons. The third-order valence-electron chi connectivity index (χ3n) is 3.65. The lowest BCUT2D eigenvalue weighted by Crippen LogP contribution is -2.42. The number of hydrogen-bond acceptors (Lipinski definition) is 4. The maximum absolute atomic E-state index is 12.5. The summed E-state index contributed by atoms with van der Waals surface area (Å²) in [5.74, 6) is -0.213. The molecule has 6 nitrogen and oxygen atoms in total.